The normalized spacial score (nSPS) is 51.6. The van der Waals surface area contributed by atoms with E-state index in [4.69, 9.17) is 0 Å². The van der Waals surface area contributed by atoms with Crippen molar-refractivity contribution in [1.29, 1.82) is 0 Å². The Balaban J connectivity index is 1.61. The lowest BCUT2D eigenvalue weighted by molar-refractivity contribution is -0.185. The maximum atomic E-state index is 13.9. The third-order valence-electron chi connectivity index (χ3n) is 12.6. The summed E-state index contributed by atoms with van der Waals surface area (Å²) in [4.78, 5) is 26.8. The molecule has 0 radical (unpaired) electrons. The summed E-state index contributed by atoms with van der Waals surface area (Å²) >= 11 is 0. The first-order chi connectivity index (χ1) is 14.6. The van der Waals surface area contributed by atoms with E-state index < -0.39 is 0 Å². The molecule has 2 nitrogen and oxygen atoms in total. The molecule has 0 unspecified atom stereocenters. The lowest BCUT2D eigenvalue weighted by atomic mass is 9.33. The summed E-state index contributed by atoms with van der Waals surface area (Å²) in [5.74, 6) is 2.43. The first kappa shape index (κ1) is 22.9. The highest BCUT2D eigenvalue weighted by Crippen LogP contribution is 2.74. The number of Topliss-reactive ketones (excluding diaryl/α,β-unsaturated/α-hetero) is 2. The van der Waals surface area contributed by atoms with Crippen molar-refractivity contribution in [2.45, 2.75) is 113 Å². The fraction of sp³-hybridized carbons (Fsp3) is 0.867. The maximum Gasteiger partial charge on any atom is 0.140 e. The summed E-state index contributed by atoms with van der Waals surface area (Å²) in [6.45, 7) is 19.0. The number of carbonyl (C=O) groups excluding carboxylic acids is 2. The fourth-order valence-electron chi connectivity index (χ4n) is 10.1. The van der Waals surface area contributed by atoms with Gasteiger partial charge in [0.1, 0.15) is 11.6 Å². The number of hydrogen-bond donors (Lipinski definition) is 0. The van der Waals surface area contributed by atoms with Crippen molar-refractivity contribution in [3.8, 4) is 0 Å². The summed E-state index contributed by atoms with van der Waals surface area (Å²) in [5.41, 5.74) is 1.86. The van der Waals surface area contributed by atoms with Gasteiger partial charge in [0.15, 0.2) is 0 Å². The number of ketones is 2. The molecule has 0 heterocycles. The van der Waals surface area contributed by atoms with Gasteiger partial charge >= 0.3 is 0 Å². The van der Waals surface area contributed by atoms with Crippen LogP contribution >= 0.6 is 0 Å². The van der Waals surface area contributed by atoms with Gasteiger partial charge in [-0.1, -0.05) is 67.0 Å². The molecule has 0 aliphatic heterocycles. The van der Waals surface area contributed by atoms with E-state index in [2.05, 4.69) is 61.5 Å². The van der Waals surface area contributed by atoms with Crippen LogP contribution in [0.1, 0.15) is 113 Å². The van der Waals surface area contributed by atoms with Crippen LogP contribution in [-0.2, 0) is 9.59 Å². The van der Waals surface area contributed by atoms with Crippen LogP contribution in [0.15, 0.2) is 11.6 Å². The molecule has 0 spiro atoms. The van der Waals surface area contributed by atoms with Crippen molar-refractivity contribution in [1.82, 2.24) is 0 Å². The highest BCUT2D eigenvalue weighted by molar-refractivity contribution is 5.88. The second-order valence-corrected chi connectivity index (χ2v) is 14.9. The van der Waals surface area contributed by atoms with Crippen LogP contribution in [0.5, 0.6) is 0 Å². The predicted molar refractivity (Wildman–Crippen MR) is 130 cm³/mol. The molecular formula is C30H46O2. The van der Waals surface area contributed by atoms with Gasteiger partial charge in [0.05, 0.1) is 0 Å². The van der Waals surface area contributed by atoms with Gasteiger partial charge in [0.25, 0.3) is 0 Å². The van der Waals surface area contributed by atoms with E-state index in [-0.39, 0.29) is 27.1 Å². The Kier molecular flexibility index (Phi) is 4.57. The fourth-order valence-corrected chi connectivity index (χ4v) is 10.1. The smallest absolute Gasteiger partial charge is 0.140 e. The van der Waals surface area contributed by atoms with Crippen molar-refractivity contribution in [2.24, 2.45) is 50.2 Å². The van der Waals surface area contributed by atoms with Gasteiger partial charge in [0, 0.05) is 29.1 Å². The standard InChI is InChI=1S/C30H46O2/c1-25(2)15-16-27(5)20(17-25)19-9-10-22-28(6)13-12-23(31)26(3,4)21(28)11-14-29(22,7)30(19,8)18-24(27)32/h9,20-22H,10-18H2,1-8H3/t20-,21+,22-,27-,28+,29+,30+/m0/s1. The molecular weight excluding hydrogens is 392 g/mol. The van der Waals surface area contributed by atoms with E-state index in [9.17, 15) is 9.59 Å². The molecule has 0 saturated heterocycles. The lowest BCUT2D eigenvalue weighted by Crippen LogP contribution is -2.65. The Bertz CT molecular complexity index is 908. The molecule has 0 amide bonds. The molecule has 32 heavy (non-hydrogen) atoms. The molecule has 4 saturated carbocycles. The van der Waals surface area contributed by atoms with Crippen LogP contribution in [0.4, 0.5) is 0 Å². The summed E-state index contributed by atoms with van der Waals surface area (Å²) in [6.07, 6.45) is 11.9. The Labute approximate surface area is 196 Å². The summed E-state index contributed by atoms with van der Waals surface area (Å²) in [5, 5.41) is 0. The van der Waals surface area contributed by atoms with E-state index in [0.717, 1.165) is 51.4 Å². The largest absolute Gasteiger partial charge is 0.299 e. The second-order valence-electron chi connectivity index (χ2n) is 14.9. The van der Waals surface area contributed by atoms with Crippen molar-refractivity contribution >= 4 is 11.6 Å². The number of fused-ring (bicyclic) bond motifs is 7. The van der Waals surface area contributed by atoms with E-state index in [1.165, 1.54) is 6.42 Å². The summed E-state index contributed by atoms with van der Waals surface area (Å²) in [6, 6.07) is 0. The molecule has 178 valence electrons. The van der Waals surface area contributed by atoms with Gasteiger partial charge < -0.3 is 0 Å². The minimum Gasteiger partial charge on any atom is -0.299 e. The van der Waals surface area contributed by atoms with Crippen LogP contribution in [-0.4, -0.2) is 11.6 Å². The first-order valence-electron chi connectivity index (χ1n) is 13.4. The van der Waals surface area contributed by atoms with E-state index in [1.54, 1.807) is 5.57 Å². The van der Waals surface area contributed by atoms with Gasteiger partial charge in [-0.3, -0.25) is 9.59 Å². The zero-order valence-corrected chi connectivity index (χ0v) is 22.0. The number of rotatable bonds is 0. The van der Waals surface area contributed by atoms with Crippen molar-refractivity contribution in [3.05, 3.63) is 11.6 Å². The zero-order valence-electron chi connectivity index (χ0n) is 22.0. The lowest BCUT2D eigenvalue weighted by Gasteiger charge is -2.70. The third-order valence-corrected chi connectivity index (χ3v) is 12.6. The van der Waals surface area contributed by atoms with E-state index >= 15 is 0 Å². The molecule has 0 aromatic rings. The Hall–Kier alpha value is -0.920. The van der Waals surface area contributed by atoms with Gasteiger partial charge in [0.2, 0.25) is 0 Å². The van der Waals surface area contributed by atoms with Crippen LogP contribution < -0.4 is 0 Å². The summed E-state index contributed by atoms with van der Waals surface area (Å²) in [7, 11) is 0. The minimum atomic E-state index is -0.215. The predicted octanol–water partition coefficient (Wildman–Crippen LogP) is 7.56. The average molecular weight is 439 g/mol. The van der Waals surface area contributed by atoms with Crippen molar-refractivity contribution in [2.75, 3.05) is 0 Å². The van der Waals surface area contributed by atoms with Crippen molar-refractivity contribution in [3.63, 3.8) is 0 Å². The zero-order chi connectivity index (χ0) is 23.5. The Morgan fingerprint density at radius 1 is 0.812 bits per heavy atom. The van der Waals surface area contributed by atoms with Crippen LogP contribution in [0.2, 0.25) is 0 Å². The first-order valence-corrected chi connectivity index (χ1v) is 13.4. The molecule has 0 aromatic carbocycles. The van der Waals surface area contributed by atoms with E-state index in [1.807, 2.05) is 0 Å². The Morgan fingerprint density at radius 3 is 2.19 bits per heavy atom. The molecule has 5 rings (SSSR count). The molecule has 0 N–H and O–H groups in total. The average Bonchev–Trinajstić information content (AvgIpc) is 2.68. The van der Waals surface area contributed by atoms with Crippen LogP contribution in [0.25, 0.3) is 0 Å². The van der Waals surface area contributed by atoms with Gasteiger partial charge in [-0.25, -0.2) is 0 Å². The molecule has 5 aliphatic rings. The van der Waals surface area contributed by atoms with Crippen molar-refractivity contribution < 1.29 is 9.59 Å². The SMILES string of the molecule is CC1(C)CC[C@]2(C)C(=O)C[C@]3(C)C(=CC[C@H]4[C@]5(C)CCC(=O)C(C)(C)[C@H]5CC[C@]43C)[C@@H]2C1. The third kappa shape index (κ3) is 2.59. The molecule has 7 atom stereocenters. The number of allylic oxidation sites excluding steroid dienone is 2. The molecule has 4 fully saturated rings. The van der Waals surface area contributed by atoms with Crippen LogP contribution in [0, 0.1) is 50.2 Å². The molecule has 2 heteroatoms. The minimum absolute atomic E-state index is 0.0375. The highest BCUT2D eigenvalue weighted by atomic mass is 16.1. The van der Waals surface area contributed by atoms with E-state index in [0.29, 0.717) is 34.7 Å². The topological polar surface area (TPSA) is 34.1 Å². The monoisotopic (exact) mass is 438 g/mol. The summed E-state index contributed by atoms with van der Waals surface area (Å²) < 4.78 is 0. The quantitative estimate of drug-likeness (QED) is 0.366. The second kappa shape index (κ2) is 6.39. The Morgan fingerprint density at radius 2 is 1.50 bits per heavy atom. The van der Waals surface area contributed by atoms with Gasteiger partial charge in [-0.2, -0.15) is 0 Å². The highest BCUT2D eigenvalue weighted by Gasteiger charge is 2.69. The number of hydrogen-bond acceptors (Lipinski definition) is 2. The van der Waals surface area contributed by atoms with Gasteiger partial charge in [-0.15, -0.1) is 0 Å². The number of carbonyl (C=O) groups is 2. The van der Waals surface area contributed by atoms with Gasteiger partial charge in [-0.05, 0) is 78.9 Å². The molecule has 5 aliphatic carbocycles. The maximum absolute atomic E-state index is 13.9. The van der Waals surface area contributed by atoms with Crippen LogP contribution in [0.3, 0.4) is 0 Å². The molecule has 0 aromatic heterocycles. The molecule has 0 bridgehead atoms.